The van der Waals surface area contributed by atoms with Crippen LogP contribution < -0.4 is 9.47 Å². The molecule has 1 rings (SSSR count). The maximum absolute atomic E-state index is 13.6. The Morgan fingerprint density at radius 1 is 1.28 bits per heavy atom. The van der Waals surface area contributed by atoms with Crippen LogP contribution >= 0.6 is 0 Å². The van der Waals surface area contributed by atoms with Gasteiger partial charge in [0.25, 0.3) is 0 Å². The van der Waals surface area contributed by atoms with Crippen LogP contribution in [0.25, 0.3) is 0 Å². The fraction of sp³-hybridized carbons (Fsp3) is 0.417. The lowest BCUT2D eigenvalue weighted by atomic mass is 10.1. The molecule has 0 aliphatic carbocycles. The number of carbonyl (C=O) groups is 1. The Balaban J connectivity index is 2.68. The third-order valence-electron chi connectivity index (χ3n) is 2.29. The molecule has 1 aromatic carbocycles. The number of benzene rings is 1. The van der Waals surface area contributed by atoms with Gasteiger partial charge in [0.05, 0.1) is 20.8 Å². The summed E-state index contributed by atoms with van der Waals surface area (Å²) in [7, 11) is 2.88. The van der Waals surface area contributed by atoms with E-state index in [9.17, 15) is 9.18 Å². The normalized spacial score (nSPS) is 10.2. The highest BCUT2D eigenvalue weighted by Crippen LogP contribution is 2.29. The zero-order chi connectivity index (χ0) is 13.5. The van der Waals surface area contributed by atoms with E-state index in [4.69, 9.17) is 19.3 Å². The van der Waals surface area contributed by atoms with Crippen LogP contribution in [0.15, 0.2) is 12.1 Å². The van der Waals surface area contributed by atoms with Crippen molar-refractivity contribution in [1.82, 2.24) is 0 Å². The van der Waals surface area contributed by atoms with Gasteiger partial charge in [-0.05, 0) is 18.1 Å². The molecular weight excluding hydrogens is 243 g/mol. The van der Waals surface area contributed by atoms with Gasteiger partial charge in [-0.1, -0.05) is 0 Å². The number of carboxylic acids is 1. The van der Waals surface area contributed by atoms with Crippen LogP contribution in [0.1, 0.15) is 5.56 Å². The van der Waals surface area contributed by atoms with Crippen molar-refractivity contribution in [3.63, 3.8) is 0 Å². The summed E-state index contributed by atoms with van der Waals surface area (Å²) in [4.78, 5) is 10.2. The smallest absolute Gasteiger partial charge is 0.329 e. The Morgan fingerprint density at radius 3 is 2.44 bits per heavy atom. The molecule has 0 atom stereocenters. The first kappa shape index (κ1) is 14.2. The lowest BCUT2D eigenvalue weighted by Gasteiger charge is -2.10. The van der Waals surface area contributed by atoms with E-state index >= 15 is 0 Å². The minimum absolute atomic E-state index is 0.124. The van der Waals surface area contributed by atoms with Gasteiger partial charge >= 0.3 is 5.97 Å². The third-order valence-corrected chi connectivity index (χ3v) is 2.29. The highest BCUT2D eigenvalue weighted by molar-refractivity contribution is 5.67. The van der Waals surface area contributed by atoms with Crippen molar-refractivity contribution in [2.45, 2.75) is 6.42 Å². The molecule has 5 nitrogen and oxygen atoms in total. The summed E-state index contributed by atoms with van der Waals surface area (Å²) >= 11 is 0. The van der Waals surface area contributed by atoms with E-state index in [1.165, 1.54) is 26.4 Å². The quantitative estimate of drug-likeness (QED) is 0.750. The van der Waals surface area contributed by atoms with Crippen LogP contribution in [-0.2, 0) is 16.0 Å². The predicted octanol–water partition coefficient (Wildman–Crippen LogP) is 1.49. The van der Waals surface area contributed by atoms with Crippen molar-refractivity contribution in [2.75, 3.05) is 27.4 Å². The van der Waals surface area contributed by atoms with Crippen LogP contribution in [0.2, 0.25) is 0 Å². The number of carboxylic acid groups (broad SMARTS) is 1. The molecule has 0 aliphatic rings. The molecule has 0 aromatic heterocycles. The summed E-state index contributed by atoms with van der Waals surface area (Å²) in [6, 6.07) is 2.74. The fourth-order valence-electron chi connectivity index (χ4n) is 1.43. The monoisotopic (exact) mass is 258 g/mol. The van der Waals surface area contributed by atoms with Crippen LogP contribution in [0.5, 0.6) is 11.5 Å². The minimum Gasteiger partial charge on any atom is -0.493 e. The standard InChI is InChI=1S/C12H15FO5/c1-16-10-5-8(3-4-18-7-12(14)15)9(13)6-11(10)17-2/h5-6H,3-4,7H2,1-2H3,(H,14,15). The summed E-state index contributed by atoms with van der Waals surface area (Å²) in [6.07, 6.45) is 0.263. The van der Waals surface area contributed by atoms with Crippen LogP contribution in [0.4, 0.5) is 4.39 Å². The van der Waals surface area contributed by atoms with Crippen molar-refractivity contribution < 1.29 is 28.5 Å². The summed E-state index contributed by atoms with van der Waals surface area (Å²) in [5.74, 6) is -0.758. The van der Waals surface area contributed by atoms with E-state index in [0.29, 0.717) is 17.1 Å². The average molecular weight is 258 g/mol. The first-order valence-electron chi connectivity index (χ1n) is 5.28. The van der Waals surface area contributed by atoms with Crippen molar-refractivity contribution >= 4 is 5.97 Å². The SMILES string of the molecule is COc1cc(F)c(CCOCC(=O)O)cc1OC. The summed E-state index contributed by atoms with van der Waals surface area (Å²) < 4.78 is 28.5. The largest absolute Gasteiger partial charge is 0.493 e. The van der Waals surface area contributed by atoms with Crippen LogP contribution in [-0.4, -0.2) is 38.5 Å². The van der Waals surface area contributed by atoms with Gasteiger partial charge in [0, 0.05) is 6.07 Å². The van der Waals surface area contributed by atoms with Gasteiger partial charge < -0.3 is 19.3 Å². The number of halogens is 1. The molecule has 100 valence electrons. The van der Waals surface area contributed by atoms with E-state index < -0.39 is 18.4 Å². The molecule has 18 heavy (non-hydrogen) atoms. The first-order chi connectivity index (χ1) is 8.58. The minimum atomic E-state index is -1.05. The predicted molar refractivity (Wildman–Crippen MR) is 61.7 cm³/mol. The molecular formula is C12H15FO5. The van der Waals surface area contributed by atoms with Gasteiger partial charge in [-0.3, -0.25) is 0 Å². The van der Waals surface area contributed by atoms with Gasteiger partial charge in [0.15, 0.2) is 11.5 Å². The molecule has 0 heterocycles. The third kappa shape index (κ3) is 3.89. The molecule has 0 fully saturated rings. The van der Waals surface area contributed by atoms with E-state index in [0.717, 1.165) is 0 Å². The molecule has 0 amide bonds. The first-order valence-corrected chi connectivity index (χ1v) is 5.28. The van der Waals surface area contributed by atoms with Gasteiger partial charge in [-0.2, -0.15) is 0 Å². The molecule has 0 saturated carbocycles. The second kappa shape index (κ2) is 6.80. The topological polar surface area (TPSA) is 65.0 Å². The number of methoxy groups -OCH3 is 2. The van der Waals surface area contributed by atoms with E-state index in [-0.39, 0.29) is 13.0 Å². The van der Waals surface area contributed by atoms with E-state index in [2.05, 4.69) is 0 Å². The Bertz CT molecular complexity index is 419. The van der Waals surface area contributed by atoms with Gasteiger partial charge in [0.2, 0.25) is 0 Å². The second-order valence-corrected chi connectivity index (χ2v) is 3.49. The Labute approximate surface area is 104 Å². The molecule has 0 bridgehead atoms. The molecule has 0 unspecified atom stereocenters. The number of rotatable bonds is 7. The van der Waals surface area contributed by atoms with Gasteiger partial charge in [0.1, 0.15) is 12.4 Å². The maximum Gasteiger partial charge on any atom is 0.329 e. The lowest BCUT2D eigenvalue weighted by molar-refractivity contribution is -0.142. The zero-order valence-electron chi connectivity index (χ0n) is 10.2. The lowest BCUT2D eigenvalue weighted by Crippen LogP contribution is -2.09. The second-order valence-electron chi connectivity index (χ2n) is 3.49. The van der Waals surface area contributed by atoms with Crippen LogP contribution in [0, 0.1) is 5.82 Å². The Hall–Kier alpha value is -1.82. The van der Waals surface area contributed by atoms with Crippen molar-refractivity contribution in [3.05, 3.63) is 23.5 Å². The number of ether oxygens (including phenoxy) is 3. The summed E-state index contributed by atoms with van der Waals surface area (Å²) in [6.45, 7) is -0.270. The average Bonchev–Trinajstić information content (AvgIpc) is 2.35. The molecule has 1 N–H and O–H groups in total. The Morgan fingerprint density at radius 2 is 1.89 bits per heavy atom. The van der Waals surface area contributed by atoms with Crippen molar-refractivity contribution in [1.29, 1.82) is 0 Å². The highest BCUT2D eigenvalue weighted by atomic mass is 19.1. The molecule has 0 saturated heterocycles. The Kier molecular flexibility index (Phi) is 5.38. The molecule has 0 spiro atoms. The summed E-state index contributed by atoms with van der Waals surface area (Å²) in [5, 5.41) is 8.38. The van der Waals surface area contributed by atoms with Gasteiger partial charge in [-0.25, -0.2) is 9.18 Å². The van der Waals surface area contributed by atoms with Crippen molar-refractivity contribution in [2.24, 2.45) is 0 Å². The summed E-state index contributed by atoms with van der Waals surface area (Å²) in [5.41, 5.74) is 0.387. The highest BCUT2D eigenvalue weighted by Gasteiger charge is 2.11. The maximum atomic E-state index is 13.6. The molecule has 0 aliphatic heterocycles. The van der Waals surface area contributed by atoms with E-state index in [1.807, 2.05) is 0 Å². The van der Waals surface area contributed by atoms with Crippen molar-refractivity contribution in [3.8, 4) is 11.5 Å². The fourth-order valence-corrected chi connectivity index (χ4v) is 1.43. The van der Waals surface area contributed by atoms with Crippen LogP contribution in [0.3, 0.4) is 0 Å². The number of hydrogen-bond donors (Lipinski definition) is 1. The number of hydrogen-bond acceptors (Lipinski definition) is 4. The molecule has 6 heteroatoms. The molecule has 1 aromatic rings. The van der Waals surface area contributed by atoms with E-state index in [1.54, 1.807) is 0 Å². The molecule has 0 radical (unpaired) electrons. The zero-order valence-corrected chi connectivity index (χ0v) is 10.2. The van der Waals surface area contributed by atoms with Gasteiger partial charge in [-0.15, -0.1) is 0 Å². The number of aliphatic carboxylic acids is 1.